The number of anilines is 1. The van der Waals surface area contributed by atoms with Gasteiger partial charge in [-0.1, -0.05) is 6.07 Å². The number of benzene rings is 1. The van der Waals surface area contributed by atoms with E-state index in [-0.39, 0.29) is 6.01 Å². The summed E-state index contributed by atoms with van der Waals surface area (Å²) in [4.78, 5) is 7.91. The fourth-order valence-electron chi connectivity index (χ4n) is 1.39. The maximum absolute atomic E-state index is 5.55. The average molecular weight is 247 g/mol. The largest absolute Gasteiger partial charge is 0.493 e. The van der Waals surface area contributed by atoms with Gasteiger partial charge in [-0.2, -0.15) is 0 Å². The van der Waals surface area contributed by atoms with Crippen LogP contribution >= 0.6 is 0 Å². The molecule has 0 radical (unpaired) electrons. The van der Waals surface area contributed by atoms with Crippen LogP contribution in [0.4, 0.5) is 5.69 Å². The molecule has 6 nitrogen and oxygen atoms in total. The molecule has 0 fully saturated rings. The number of nitrogen functional groups attached to an aromatic ring is 1. The van der Waals surface area contributed by atoms with Crippen molar-refractivity contribution in [3.05, 3.63) is 30.6 Å². The summed E-state index contributed by atoms with van der Waals surface area (Å²) in [6.45, 7) is 0. The van der Waals surface area contributed by atoms with Crippen LogP contribution in [0.25, 0.3) is 0 Å². The van der Waals surface area contributed by atoms with Gasteiger partial charge in [-0.3, -0.25) is 0 Å². The molecule has 2 rings (SSSR count). The van der Waals surface area contributed by atoms with Crippen molar-refractivity contribution in [1.82, 2.24) is 9.97 Å². The molecule has 0 aliphatic carbocycles. The fraction of sp³-hybridized carbons (Fsp3) is 0.167. The smallest absolute Gasteiger partial charge is 0.322 e. The van der Waals surface area contributed by atoms with E-state index in [1.54, 1.807) is 32.4 Å². The van der Waals surface area contributed by atoms with E-state index in [1.165, 1.54) is 12.4 Å². The second-order valence-electron chi connectivity index (χ2n) is 3.39. The molecule has 1 heterocycles. The minimum atomic E-state index is 0.173. The van der Waals surface area contributed by atoms with Crippen molar-refractivity contribution < 1.29 is 14.2 Å². The van der Waals surface area contributed by atoms with Crippen LogP contribution in [-0.2, 0) is 0 Å². The van der Waals surface area contributed by atoms with Gasteiger partial charge in [0.25, 0.3) is 0 Å². The Hall–Kier alpha value is -2.50. The highest BCUT2D eigenvalue weighted by Crippen LogP contribution is 2.38. The van der Waals surface area contributed by atoms with Crippen LogP contribution in [-0.4, -0.2) is 24.2 Å². The van der Waals surface area contributed by atoms with Gasteiger partial charge in [-0.05, 0) is 12.1 Å². The minimum Gasteiger partial charge on any atom is -0.493 e. The first kappa shape index (κ1) is 12.0. The highest BCUT2D eigenvalue weighted by atomic mass is 16.5. The number of aromatic nitrogens is 2. The zero-order valence-electron chi connectivity index (χ0n) is 10.1. The van der Waals surface area contributed by atoms with Gasteiger partial charge in [0, 0.05) is 0 Å². The Morgan fingerprint density at radius 1 is 1.00 bits per heavy atom. The van der Waals surface area contributed by atoms with Crippen molar-refractivity contribution >= 4 is 5.69 Å². The summed E-state index contributed by atoms with van der Waals surface area (Å²) in [5.41, 5.74) is 5.97. The van der Waals surface area contributed by atoms with E-state index in [0.717, 1.165) is 0 Å². The Morgan fingerprint density at radius 3 is 2.06 bits per heavy atom. The van der Waals surface area contributed by atoms with E-state index < -0.39 is 0 Å². The maximum atomic E-state index is 5.55. The zero-order valence-corrected chi connectivity index (χ0v) is 10.1. The molecule has 0 saturated heterocycles. The summed E-state index contributed by atoms with van der Waals surface area (Å²) in [7, 11) is 3.09. The van der Waals surface area contributed by atoms with E-state index in [2.05, 4.69) is 9.97 Å². The first-order valence-corrected chi connectivity index (χ1v) is 5.21. The molecule has 0 saturated carbocycles. The van der Waals surface area contributed by atoms with E-state index in [0.29, 0.717) is 22.9 Å². The molecular weight excluding hydrogens is 234 g/mol. The standard InChI is InChI=1S/C12H13N3O3/c1-16-9-4-3-5-10(17-2)11(9)18-12-14-6-8(13)7-15-12/h3-7H,13H2,1-2H3. The van der Waals surface area contributed by atoms with Gasteiger partial charge in [0.1, 0.15) is 0 Å². The number of para-hydroxylation sites is 1. The molecular formula is C12H13N3O3. The molecule has 0 spiro atoms. The number of methoxy groups -OCH3 is 2. The Morgan fingerprint density at radius 2 is 1.56 bits per heavy atom. The summed E-state index contributed by atoms with van der Waals surface area (Å²) in [6.07, 6.45) is 2.93. The number of nitrogens with zero attached hydrogens (tertiary/aromatic N) is 2. The van der Waals surface area contributed by atoms with Crippen LogP contribution in [0.5, 0.6) is 23.3 Å². The summed E-state index contributed by atoms with van der Waals surface area (Å²) in [6, 6.07) is 5.49. The molecule has 94 valence electrons. The Labute approximate surface area is 104 Å². The third kappa shape index (κ3) is 2.42. The van der Waals surface area contributed by atoms with Crippen molar-refractivity contribution in [2.45, 2.75) is 0 Å². The quantitative estimate of drug-likeness (QED) is 0.888. The van der Waals surface area contributed by atoms with Crippen LogP contribution in [0.3, 0.4) is 0 Å². The van der Waals surface area contributed by atoms with Crippen molar-refractivity contribution in [2.75, 3.05) is 20.0 Å². The molecule has 1 aromatic carbocycles. The molecule has 0 aliphatic rings. The van der Waals surface area contributed by atoms with Gasteiger partial charge < -0.3 is 19.9 Å². The predicted molar refractivity (Wildman–Crippen MR) is 66.1 cm³/mol. The topological polar surface area (TPSA) is 79.5 Å². The van der Waals surface area contributed by atoms with Crippen molar-refractivity contribution in [3.63, 3.8) is 0 Å². The SMILES string of the molecule is COc1cccc(OC)c1Oc1ncc(N)cn1. The number of nitrogens with two attached hydrogens (primary N) is 1. The predicted octanol–water partition coefficient (Wildman–Crippen LogP) is 1.87. The molecule has 0 bridgehead atoms. The Balaban J connectivity index is 2.35. The Kier molecular flexibility index (Phi) is 3.47. The Bertz CT molecular complexity index is 506. The third-order valence-corrected chi connectivity index (χ3v) is 2.22. The number of ether oxygens (including phenoxy) is 3. The van der Waals surface area contributed by atoms with Crippen LogP contribution in [0, 0.1) is 0 Å². The first-order chi connectivity index (χ1) is 8.74. The van der Waals surface area contributed by atoms with E-state index in [4.69, 9.17) is 19.9 Å². The fourth-order valence-corrected chi connectivity index (χ4v) is 1.39. The van der Waals surface area contributed by atoms with Gasteiger partial charge in [-0.25, -0.2) is 9.97 Å². The molecule has 2 aromatic rings. The van der Waals surface area contributed by atoms with Gasteiger partial charge in [0.15, 0.2) is 11.5 Å². The lowest BCUT2D eigenvalue weighted by Crippen LogP contribution is -1.98. The number of hydrogen-bond donors (Lipinski definition) is 1. The summed E-state index contributed by atoms with van der Waals surface area (Å²) in [5, 5.41) is 0. The highest BCUT2D eigenvalue weighted by Gasteiger charge is 2.13. The molecule has 6 heteroatoms. The number of rotatable bonds is 4. The molecule has 0 amide bonds. The lowest BCUT2D eigenvalue weighted by atomic mass is 10.3. The molecule has 18 heavy (non-hydrogen) atoms. The van der Waals surface area contributed by atoms with Gasteiger partial charge in [0.2, 0.25) is 5.75 Å². The molecule has 0 unspecified atom stereocenters. The van der Waals surface area contributed by atoms with Gasteiger partial charge in [-0.15, -0.1) is 0 Å². The van der Waals surface area contributed by atoms with E-state index >= 15 is 0 Å². The van der Waals surface area contributed by atoms with Crippen LogP contribution in [0.2, 0.25) is 0 Å². The second kappa shape index (κ2) is 5.22. The lowest BCUT2D eigenvalue weighted by Gasteiger charge is -2.12. The molecule has 0 atom stereocenters. The van der Waals surface area contributed by atoms with Crippen LogP contribution in [0.15, 0.2) is 30.6 Å². The highest BCUT2D eigenvalue weighted by molar-refractivity contribution is 5.52. The molecule has 1 aromatic heterocycles. The lowest BCUT2D eigenvalue weighted by molar-refractivity contribution is 0.336. The monoisotopic (exact) mass is 247 g/mol. The van der Waals surface area contributed by atoms with Gasteiger partial charge >= 0.3 is 6.01 Å². The number of hydrogen-bond acceptors (Lipinski definition) is 6. The third-order valence-electron chi connectivity index (χ3n) is 2.22. The molecule has 0 aliphatic heterocycles. The van der Waals surface area contributed by atoms with Gasteiger partial charge in [0.05, 0.1) is 32.3 Å². The zero-order chi connectivity index (χ0) is 13.0. The van der Waals surface area contributed by atoms with Crippen LogP contribution < -0.4 is 19.9 Å². The average Bonchev–Trinajstić information content (AvgIpc) is 2.41. The minimum absolute atomic E-state index is 0.173. The second-order valence-corrected chi connectivity index (χ2v) is 3.39. The van der Waals surface area contributed by atoms with Crippen LogP contribution in [0.1, 0.15) is 0 Å². The molecule has 2 N–H and O–H groups in total. The van der Waals surface area contributed by atoms with Crippen molar-refractivity contribution in [2.24, 2.45) is 0 Å². The van der Waals surface area contributed by atoms with Crippen molar-refractivity contribution in [3.8, 4) is 23.3 Å². The summed E-state index contributed by atoms with van der Waals surface area (Å²) < 4.78 is 15.9. The summed E-state index contributed by atoms with van der Waals surface area (Å²) in [5.74, 6) is 1.50. The van der Waals surface area contributed by atoms with Crippen molar-refractivity contribution in [1.29, 1.82) is 0 Å². The van der Waals surface area contributed by atoms with E-state index in [1.807, 2.05) is 0 Å². The van der Waals surface area contributed by atoms with E-state index in [9.17, 15) is 0 Å². The normalized spacial score (nSPS) is 9.89. The maximum Gasteiger partial charge on any atom is 0.322 e. The first-order valence-electron chi connectivity index (χ1n) is 5.21. The summed E-state index contributed by atoms with van der Waals surface area (Å²) >= 11 is 0.